The molecule has 2 aromatic rings. The summed E-state index contributed by atoms with van der Waals surface area (Å²) in [6, 6.07) is 9.22. The number of hydrogen-bond acceptors (Lipinski definition) is 4. The standard InChI is InChI=1S/C23H35N5O.HI/c1-17-8-10-18(11-9-17)19(28-12-6-7-13-28)14-26-22(24-5)27-16-21-25-15-20(29-21)23(2,3)4;/h8-11,15,19H,6-7,12-14,16H2,1-5H3,(H2,24,26,27);1H. The van der Waals surface area contributed by atoms with E-state index in [9.17, 15) is 0 Å². The van der Waals surface area contributed by atoms with E-state index in [4.69, 9.17) is 4.42 Å². The molecule has 2 heterocycles. The molecule has 1 aromatic carbocycles. The first-order valence-corrected chi connectivity index (χ1v) is 10.6. The van der Waals surface area contributed by atoms with Crippen LogP contribution in [0.1, 0.15) is 62.4 Å². The molecule has 3 rings (SSSR count). The smallest absolute Gasteiger partial charge is 0.213 e. The number of hydrogen-bond donors (Lipinski definition) is 2. The third kappa shape index (κ3) is 6.70. The molecule has 0 aliphatic carbocycles. The predicted molar refractivity (Wildman–Crippen MR) is 134 cm³/mol. The molecule has 30 heavy (non-hydrogen) atoms. The van der Waals surface area contributed by atoms with Crippen molar-refractivity contribution in [2.75, 3.05) is 26.7 Å². The second kappa shape index (κ2) is 11.1. The number of nitrogens with one attached hydrogen (secondary N) is 2. The van der Waals surface area contributed by atoms with Crippen LogP contribution in [0.4, 0.5) is 0 Å². The monoisotopic (exact) mass is 525 g/mol. The molecule has 1 fully saturated rings. The Balaban J connectivity index is 0.00000320. The highest BCUT2D eigenvalue weighted by molar-refractivity contribution is 14.0. The van der Waals surface area contributed by atoms with Gasteiger partial charge in [0, 0.05) is 19.0 Å². The van der Waals surface area contributed by atoms with Gasteiger partial charge in [0.1, 0.15) is 5.76 Å². The van der Waals surface area contributed by atoms with Crippen LogP contribution in [0.3, 0.4) is 0 Å². The SMILES string of the molecule is CN=C(NCc1ncc(C(C)(C)C)o1)NCC(c1ccc(C)cc1)N1CCCC1.I. The van der Waals surface area contributed by atoms with E-state index in [1.54, 1.807) is 7.05 Å². The van der Waals surface area contributed by atoms with E-state index in [1.807, 2.05) is 6.20 Å². The average Bonchev–Trinajstić information content (AvgIpc) is 3.37. The van der Waals surface area contributed by atoms with Crippen LogP contribution < -0.4 is 10.6 Å². The summed E-state index contributed by atoms with van der Waals surface area (Å²) >= 11 is 0. The number of aryl methyl sites for hydroxylation is 1. The van der Waals surface area contributed by atoms with Crippen molar-refractivity contribution in [3.05, 3.63) is 53.2 Å². The Hall–Kier alpha value is -1.61. The summed E-state index contributed by atoms with van der Waals surface area (Å²) in [5.74, 6) is 2.33. The van der Waals surface area contributed by atoms with Crippen molar-refractivity contribution < 1.29 is 4.42 Å². The average molecular weight is 525 g/mol. The Bertz CT molecular complexity index is 804. The molecule has 1 atom stereocenters. The van der Waals surface area contributed by atoms with Crippen LogP contribution in [0, 0.1) is 6.92 Å². The number of nitrogens with zero attached hydrogens (tertiary/aromatic N) is 3. The van der Waals surface area contributed by atoms with Gasteiger partial charge in [-0.2, -0.15) is 0 Å². The van der Waals surface area contributed by atoms with Gasteiger partial charge in [-0.15, -0.1) is 24.0 Å². The third-order valence-electron chi connectivity index (χ3n) is 5.43. The fourth-order valence-corrected chi connectivity index (χ4v) is 3.61. The van der Waals surface area contributed by atoms with Gasteiger partial charge in [-0.1, -0.05) is 50.6 Å². The fourth-order valence-electron chi connectivity index (χ4n) is 3.61. The van der Waals surface area contributed by atoms with E-state index in [2.05, 4.69) is 77.5 Å². The first kappa shape index (κ1) is 24.7. The van der Waals surface area contributed by atoms with Crippen molar-refractivity contribution in [1.29, 1.82) is 0 Å². The summed E-state index contributed by atoms with van der Waals surface area (Å²) < 4.78 is 5.87. The number of benzene rings is 1. The van der Waals surface area contributed by atoms with E-state index in [0.29, 0.717) is 18.5 Å². The minimum absolute atomic E-state index is 0. The zero-order chi connectivity index (χ0) is 20.9. The van der Waals surface area contributed by atoms with E-state index in [1.165, 1.54) is 24.0 Å². The molecule has 0 amide bonds. The molecule has 0 radical (unpaired) electrons. The lowest BCUT2D eigenvalue weighted by Crippen LogP contribution is -2.42. The maximum Gasteiger partial charge on any atom is 0.213 e. The summed E-state index contributed by atoms with van der Waals surface area (Å²) in [6.07, 6.45) is 4.36. The van der Waals surface area contributed by atoms with E-state index >= 15 is 0 Å². The summed E-state index contributed by atoms with van der Waals surface area (Å²) in [4.78, 5) is 11.3. The molecular formula is C23H36IN5O. The molecule has 0 bridgehead atoms. The third-order valence-corrected chi connectivity index (χ3v) is 5.43. The first-order valence-electron chi connectivity index (χ1n) is 10.6. The Labute approximate surface area is 198 Å². The van der Waals surface area contributed by atoms with Gasteiger partial charge in [0.05, 0.1) is 18.8 Å². The van der Waals surface area contributed by atoms with Crippen LogP contribution in [-0.4, -0.2) is 42.5 Å². The molecule has 2 N–H and O–H groups in total. The highest BCUT2D eigenvalue weighted by Crippen LogP contribution is 2.25. The predicted octanol–water partition coefficient (Wildman–Crippen LogP) is 4.40. The van der Waals surface area contributed by atoms with Crippen molar-refractivity contribution in [1.82, 2.24) is 20.5 Å². The summed E-state index contributed by atoms with van der Waals surface area (Å²) in [7, 11) is 1.79. The maximum absolute atomic E-state index is 5.87. The molecule has 166 valence electrons. The highest BCUT2D eigenvalue weighted by Gasteiger charge is 2.24. The van der Waals surface area contributed by atoms with E-state index < -0.39 is 0 Å². The number of rotatable bonds is 6. The minimum Gasteiger partial charge on any atom is -0.443 e. The van der Waals surface area contributed by atoms with Gasteiger partial charge in [-0.05, 0) is 38.4 Å². The van der Waals surface area contributed by atoms with Gasteiger partial charge in [0.2, 0.25) is 5.89 Å². The summed E-state index contributed by atoms with van der Waals surface area (Å²) in [5.41, 5.74) is 2.60. The number of oxazole rings is 1. The van der Waals surface area contributed by atoms with Gasteiger partial charge in [0.15, 0.2) is 5.96 Å². The zero-order valence-corrected chi connectivity index (χ0v) is 21.2. The Morgan fingerprint density at radius 1 is 1.17 bits per heavy atom. The van der Waals surface area contributed by atoms with Gasteiger partial charge in [-0.3, -0.25) is 9.89 Å². The van der Waals surface area contributed by atoms with Gasteiger partial charge in [-0.25, -0.2) is 4.98 Å². The molecule has 0 saturated carbocycles. The van der Waals surface area contributed by atoms with Gasteiger partial charge in [0.25, 0.3) is 0 Å². The molecule has 1 aliphatic rings. The second-order valence-corrected chi connectivity index (χ2v) is 8.84. The topological polar surface area (TPSA) is 65.7 Å². The van der Waals surface area contributed by atoms with Crippen LogP contribution in [0.2, 0.25) is 0 Å². The molecule has 0 spiro atoms. The van der Waals surface area contributed by atoms with Crippen molar-refractivity contribution in [3.63, 3.8) is 0 Å². The molecular weight excluding hydrogens is 489 g/mol. The molecule has 7 heteroatoms. The number of aromatic nitrogens is 1. The quantitative estimate of drug-likeness (QED) is 0.333. The lowest BCUT2D eigenvalue weighted by molar-refractivity contribution is 0.245. The number of aliphatic imine (C=N–C) groups is 1. The maximum atomic E-state index is 5.87. The number of guanidine groups is 1. The van der Waals surface area contributed by atoms with E-state index in [0.717, 1.165) is 31.4 Å². The Morgan fingerprint density at radius 2 is 1.83 bits per heavy atom. The normalized spacial score (nSPS) is 16.2. The Morgan fingerprint density at radius 3 is 2.40 bits per heavy atom. The van der Waals surface area contributed by atoms with Crippen LogP contribution in [0.25, 0.3) is 0 Å². The van der Waals surface area contributed by atoms with Crippen molar-refractivity contribution >= 4 is 29.9 Å². The first-order chi connectivity index (χ1) is 13.9. The summed E-state index contributed by atoms with van der Waals surface area (Å²) in [6.45, 7) is 12.1. The fraction of sp³-hybridized carbons (Fsp3) is 0.565. The van der Waals surface area contributed by atoms with Crippen molar-refractivity contribution in [3.8, 4) is 0 Å². The second-order valence-electron chi connectivity index (χ2n) is 8.84. The molecule has 1 aromatic heterocycles. The number of halogens is 1. The van der Waals surface area contributed by atoms with Crippen LogP contribution >= 0.6 is 24.0 Å². The molecule has 1 saturated heterocycles. The van der Waals surface area contributed by atoms with Crippen LogP contribution in [0.5, 0.6) is 0 Å². The van der Waals surface area contributed by atoms with E-state index in [-0.39, 0.29) is 29.4 Å². The lowest BCUT2D eigenvalue weighted by Gasteiger charge is -2.29. The lowest BCUT2D eigenvalue weighted by atomic mass is 9.94. The summed E-state index contributed by atoms with van der Waals surface area (Å²) in [5, 5.41) is 6.82. The van der Waals surface area contributed by atoms with Crippen LogP contribution in [-0.2, 0) is 12.0 Å². The zero-order valence-electron chi connectivity index (χ0n) is 18.9. The van der Waals surface area contributed by atoms with Crippen LogP contribution in [0.15, 0.2) is 39.9 Å². The van der Waals surface area contributed by atoms with Gasteiger partial charge < -0.3 is 15.1 Å². The highest BCUT2D eigenvalue weighted by atomic mass is 127. The molecule has 1 unspecified atom stereocenters. The molecule has 6 nitrogen and oxygen atoms in total. The van der Waals surface area contributed by atoms with Crippen molar-refractivity contribution in [2.24, 2.45) is 4.99 Å². The largest absolute Gasteiger partial charge is 0.443 e. The minimum atomic E-state index is -0.0395. The van der Waals surface area contributed by atoms with Crippen molar-refractivity contribution in [2.45, 2.75) is 58.5 Å². The number of likely N-dealkylation sites (tertiary alicyclic amines) is 1. The Kier molecular flexibility index (Phi) is 9.15. The molecule has 1 aliphatic heterocycles. The van der Waals surface area contributed by atoms with Gasteiger partial charge >= 0.3 is 0 Å².